The number of fused-ring (bicyclic) bond motifs is 2. The van der Waals surface area contributed by atoms with Gasteiger partial charge in [0.1, 0.15) is 0 Å². The number of nitrogens with two attached hydrogens (primary N) is 1. The van der Waals surface area contributed by atoms with Crippen molar-refractivity contribution in [3.05, 3.63) is 0 Å². The molecule has 2 atom stereocenters. The molecular weight excluding hydrogens is 264 g/mol. The van der Waals surface area contributed by atoms with Crippen molar-refractivity contribution in [2.24, 2.45) is 28.9 Å². The minimum absolute atomic E-state index is 0.207. The molecule has 0 radical (unpaired) electrons. The van der Waals surface area contributed by atoms with Crippen molar-refractivity contribution in [2.45, 2.75) is 57.4 Å². The zero-order chi connectivity index (χ0) is 14.9. The Morgan fingerprint density at radius 2 is 1.95 bits per heavy atom. The summed E-state index contributed by atoms with van der Waals surface area (Å²) in [6.07, 6.45) is 9.30. The lowest BCUT2D eigenvalue weighted by Gasteiger charge is -2.43. The van der Waals surface area contributed by atoms with Crippen molar-refractivity contribution in [1.82, 2.24) is 5.32 Å². The number of rotatable bonds is 6. The molecule has 0 aromatic heterocycles. The highest BCUT2D eigenvalue weighted by atomic mass is 16.5. The first kappa shape index (κ1) is 15.3. The Hall–Kier alpha value is -0.610. The third kappa shape index (κ3) is 3.42. The van der Waals surface area contributed by atoms with E-state index in [2.05, 4.69) is 5.32 Å². The van der Waals surface area contributed by atoms with Crippen molar-refractivity contribution in [3.8, 4) is 0 Å². The summed E-state index contributed by atoms with van der Waals surface area (Å²) in [4.78, 5) is 12.5. The van der Waals surface area contributed by atoms with E-state index in [-0.39, 0.29) is 11.8 Å². The Bertz CT molecular complexity index is 367. The van der Waals surface area contributed by atoms with Crippen molar-refractivity contribution in [2.75, 3.05) is 20.3 Å². The van der Waals surface area contributed by atoms with Gasteiger partial charge < -0.3 is 15.8 Å². The molecule has 0 aromatic carbocycles. The van der Waals surface area contributed by atoms with E-state index >= 15 is 0 Å². The fourth-order valence-corrected chi connectivity index (χ4v) is 4.43. The third-order valence-corrected chi connectivity index (χ3v) is 6.22. The van der Waals surface area contributed by atoms with E-state index < -0.39 is 0 Å². The van der Waals surface area contributed by atoms with E-state index in [0.29, 0.717) is 23.3 Å². The van der Waals surface area contributed by atoms with Crippen LogP contribution in [0.15, 0.2) is 0 Å². The second-order valence-electron chi connectivity index (χ2n) is 7.66. The molecule has 21 heavy (non-hydrogen) atoms. The maximum Gasteiger partial charge on any atom is 0.223 e. The predicted octanol–water partition coefficient (Wildman–Crippen LogP) is 2.07. The van der Waals surface area contributed by atoms with Crippen LogP contribution in [0, 0.1) is 23.2 Å². The van der Waals surface area contributed by atoms with E-state index in [4.69, 9.17) is 10.5 Å². The van der Waals surface area contributed by atoms with Crippen LogP contribution in [0.3, 0.4) is 0 Å². The molecule has 4 nitrogen and oxygen atoms in total. The van der Waals surface area contributed by atoms with Gasteiger partial charge >= 0.3 is 0 Å². The molecular formula is C17H30N2O2. The van der Waals surface area contributed by atoms with E-state index in [1.807, 2.05) is 0 Å². The third-order valence-electron chi connectivity index (χ3n) is 6.22. The molecule has 3 fully saturated rings. The standard InChI is InChI=1S/C17H30N2O2/c1-21-8-7-17(5-6-17)11-19-16(20)14-9-12-3-2-4-13(10-14)15(12)18/h12-15H,2-11,18H2,1H3,(H,19,20). The average Bonchev–Trinajstić information content (AvgIpc) is 3.23. The van der Waals surface area contributed by atoms with Gasteiger partial charge in [-0.05, 0) is 62.2 Å². The van der Waals surface area contributed by atoms with Gasteiger partial charge in [0.2, 0.25) is 5.91 Å². The van der Waals surface area contributed by atoms with Crippen LogP contribution < -0.4 is 11.1 Å². The summed E-state index contributed by atoms with van der Waals surface area (Å²) in [5, 5.41) is 3.23. The number of hydrogen-bond acceptors (Lipinski definition) is 3. The molecule has 0 aromatic rings. The second-order valence-corrected chi connectivity index (χ2v) is 7.66. The van der Waals surface area contributed by atoms with Crippen molar-refractivity contribution in [3.63, 3.8) is 0 Å². The molecule has 3 rings (SSSR count). The number of carbonyl (C=O) groups excluding carboxylic acids is 1. The van der Waals surface area contributed by atoms with Gasteiger partial charge in [0.15, 0.2) is 0 Å². The van der Waals surface area contributed by atoms with E-state index in [0.717, 1.165) is 32.4 Å². The van der Waals surface area contributed by atoms with E-state index in [1.165, 1.54) is 32.1 Å². The predicted molar refractivity (Wildman–Crippen MR) is 82.7 cm³/mol. The monoisotopic (exact) mass is 294 g/mol. The molecule has 0 heterocycles. The van der Waals surface area contributed by atoms with Crippen LogP contribution in [0.1, 0.15) is 51.4 Å². The van der Waals surface area contributed by atoms with Crippen molar-refractivity contribution >= 4 is 5.91 Å². The smallest absolute Gasteiger partial charge is 0.223 e. The van der Waals surface area contributed by atoms with Crippen LogP contribution in [0.5, 0.6) is 0 Å². The zero-order valence-corrected chi connectivity index (χ0v) is 13.3. The Balaban J connectivity index is 1.48. The number of carbonyl (C=O) groups is 1. The maximum absolute atomic E-state index is 12.5. The molecule has 0 saturated heterocycles. The molecule has 0 aliphatic heterocycles. The number of amides is 1. The van der Waals surface area contributed by atoms with Gasteiger partial charge in [-0.2, -0.15) is 0 Å². The van der Waals surface area contributed by atoms with E-state index in [9.17, 15) is 4.79 Å². The van der Waals surface area contributed by atoms with Gasteiger partial charge in [0, 0.05) is 32.2 Å². The fourth-order valence-electron chi connectivity index (χ4n) is 4.43. The Labute approximate surface area is 128 Å². The minimum atomic E-state index is 0.207. The minimum Gasteiger partial charge on any atom is -0.385 e. The summed E-state index contributed by atoms with van der Waals surface area (Å²) < 4.78 is 5.18. The van der Waals surface area contributed by atoms with Crippen LogP contribution >= 0.6 is 0 Å². The Morgan fingerprint density at radius 3 is 2.52 bits per heavy atom. The van der Waals surface area contributed by atoms with Crippen LogP contribution in [0.2, 0.25) is 0 Å². The highest BCUT2D eigenvalue weighted by Gasteiger charge is 2.44. The van der Waals surface area contributed by atoms with E-state index in [1.54, 1.807) is 7.11 Å². The highest BCUT2D eigenvalue weighted by molar-refractivity contribution is 5.78. The van der Waals surface area contributed by atoms with Crippen LogP contribution in [-0.2, 0) is 9.53 Å². The lowest BCUT2D eigenvalue weighted by Crippen LogP contribution is -2.49. The summed E-state index contributed by atoms with van der Waals surface area (Å²) in [6, 6.07) is 0.347. The zero-order valence-electron chi connectivity index (χ0n) is 13.3. The molecule has 120 valence electrons. The summed E-state index contributed by atoms with van der Waals surface area (Å²) in [7, 11) is 1.75. The van der Waals surface area contributed by atoms with Gasteiger partial charge in [-0.15, -0.1) is 0 Å². The number of ether oxygens (including phenoxy) is 1. The van der Waals surface area contributed by atoms with Gasteiger partial charge in [-0.1, -0.05) is 6.42 Å². The largest absolute Gasteiger partial charge is 0.385 e. The Kier molecular flexibility index (Phi) is 4.55. The number of nitrogens with one attached hydrogen (secondary N) is 1. The van der Waals surface area contributed by atoms with Gasteiger partial charge in [-0.25, -0.2) is 0 Å². The van der Waals surface area contributed by atoms with Crippen molar-refractivity contribution < 1.29 is 9.53 Å². The summed E-state index contributed by atoms with van der Waals surface area (Å²) in [6.45, 7) is 1.64. The lowest BCUT2D eigenvalue weighted by atomic mass is 9.65. The summed E-state index contributed by atoms with van der Waals surface area (Å²) in [5.41, 5.74) is 6.65. The van der Waals surface area contributed by atoms with Crippen LogP contribution in [-0.4, -0.2) is 32.2 Å². The van der Waals surface area contributed by atoms with Gasteiger partial charge in [-0.3, -0.25) is 4.79 Å². The van der Waals surface area contributed by atoms with Crippen LogP contribution in [0.4, 0.5) is 0 Å². The second kappa shape index (κ2) is 6.25. The molecule has 1 amide bonds. The normalized spacial score (nSPS) is 37.0. The SMILES string of the molecule is COCCC1(CNC(=O)C2CC3CCCC(C2)C3N)CC1. The summed E-state index contributed by atoms with van der Waals surface area (Å²) in [5.74, 6) is 1.65. The molecule has 2 unspecified atom stereocenters. The molecule has 3 saturated carbocycles. The van der Waals surface area contributed by atoms with Crippen LogP contribution in [0.25, 0.3) is 0 Å². The Morgan fingerprint density at radius 1 is 1.29 bits per heavy atom. The molecule has 0 spiro atoms. The summed E-state index contributed by atoms with van der Waals surface area (Å²) >= 11 is 0. The first-order chi connectivity index (χ1) is 10.1. The molecule has 4 heteroatoms. The fraction of sp³-hybridized carbons (Fsp3) is 0.941. The maximum atomic E-state index is 12.5. The molecule has 2 bridgehead atoms. The first-order valence-corrected chi connectivity index (χ1v) is 8.66. The molecule has 3 aliphatic carbocycles. The topological polar surface area (TPSA) is 64.3 Å². The molecule has 3 N–H and O–H groups in total. The lowest BCUT2D eigenvalue weighted by molar-refractivity contribution is -0.128. The quantitative estimate of drug-likeness (QED) is 0.788. The van der Waals surface area contributed by atoms with Gasteiger partial charge in [0.05, 0.1) is 0 Å². The number of methoxy groups -OCH3 is 1. The highest BCUT2D eigenvalue weighted by Crippen LogP contribution is 2.48. The average molecular weight is 294 g/mol. The molecule has 3 aliphatic rings. The van der Waals surface area contributed by atoms with Crippen molar-refractivity contribution in [1.29, 1.82) is 0 Å². The first-order valence-electron chi connectivity index (χ1n) is 8.66. The number of hydrogen-bond donors (Lipinski definition) is 2. The van der Waals surface area contributed by atoms with Gasteiger partial charge in [0.25, 0.3) is 0 Å².